The van der Waals surface area contributed by atoms with Crippen molar-refractivity contribution in [1.82, 2.24) is 4.98 Å². The fraction of sp³-hybridized carbons (Fsp3) is 0.217. The fourth-order valence-electron chi connectivity index (χ4n) is 2.87. The van der Waals surface area contributed by atoms with E-state index in [2.05, 4.69) is 10.3 Å². The molecular weight excluding hydrogens is 430 g/mol. The van der Waals surface area contributed by atoms with Crippen LogP contribution in [0.1, 0.15) is 15.9 Å². The number of nitrogens with one attached hydrogen (secondary N) is 1. The number of carbonyl (C=O) groups excluding carboxylic acids is 1. The highest BCUT2D eigenvalue weighted by atomic mass is 32.2. The number of nitrogens with zero attached hydrogens (tertiary/aromatic N) is 2. The predicted molar refractivity (Wildman–Crippen MR) is 123 cm³/mol. The number of sulfonamides is 1. The van der Waals surface area contributed by atoms with Crippen LogP contribution in [0.5, 0.6) is 5.88 Å². The van der Waals surface area contributed by atoms with Gasteiger partial charge in [0.25, 0.3) is 15.9 Å². The van der Waals surface area contributed by atoms with E-state index in [-0.39, 0.29) is 22.9 Å². The minimum absolute atomic E-state index is 0.0102. The molecule has 1 aromatic heterocycles. The van der Waals surface area contributed by atoms with Gasteiger partial charge in [0.15, 0.2) is 0 Å². The average Bonchev–Trinajstić information content (AvgIpc) is 2.80. The topological polar surface area (TPSA) is 97.8 Å². The van der Waals surface area contributed by atoms with Crippen LogP contribution in [0.3, 0.4) is 0 Å². The van der Waals surface area contributed by atoms with Crippen molar-refractivity contribution < 1.29 is 22.7 Å². The summed E-state index contributed by atoms with van der Waals surface area (Å²) < 4.78 is 37.9. The largest absolute Gasteiger partial charge is 0.474 e. The van der Waals surface area contributed by atoms with Crippen LogP contribution in [-0.2, 0) is 14.8 Å². The smallest absolute Gasteiger partial charge is 0.264 e. The summed E-state index contributed by atoms with van der Waals surface area (Å²) in [5.74, 6) is -0.231. The van der Waals surface area contributed by atoms with Gasteiger partial charge in [0.05, 0.1) is 17.2 Å². The first-order valence-electron chi connectivity index (χ1n) is 9.86. The molecular formula is C23H25N3O5S. The summed E-state index contributed by atoms with van der Waals surface area (Å²) in [5, 5.41) is 2.72. The maximum absolute atomic E-state index is 13.1. The highest BCUT2D eigenvalue weighted by Gasteiger charge is 2.22. The molecule has 168 valence electrons. The van der Waals surface area contributed by atoms with Crippen LogP contribution in [0.4, 0.5) is 11.4 Å². The Hall–Kier alpha value is -3.43. The van der Waals surface area contributed by atoms with E-state index in [0.29, 0.717) is 18.0 Å². The standard InChI is InChI=1S/C23H25N3O5S/c1-17-9-11-19(12-10-17)26(2)32(28,29)20-7-4-6-18(16-20)22(27)25-21-8-5-13-24-23(21)31-15-14-30-3/h4-13,16H,14-15H2,1-3H3,(H,25,27). The predicted octanol–water partition coefficient (Wildman–Crippen LogP) is 3.49. The normalized spacial score (nSPS) is 11.1. The van der Waals surface area contributed by atoms with E-state index in [1.54, 1.807) is 43.6 Å². The lowest BCUT2D eigenvalue weighted by molar-refractivity contribution is 0.102. The van der Waals surface area contributed by atoms with E-state index in [9.17, 15) is 13.2 Å². The summed E-state index contributed by atoms with van der Waals surface area (Å²) in [5.41, 5.74) is 2.12. The minimum Gasteiger partial charge on any atom is -0.474 e. The molecule has 1 amide bonds. The number of carbonyl (C=O) groups is 1. The summed E-state index contributed by atoms with van der Waals surface area (Å²) in [6, 6.07) is 16.3. The van der Waals surface area contributed by atoms with Gasteiger partial charge in [0.2, 0.25) is 5.88 Å². The van der Waals surface area contributed by atoms with Crippen molar-refractivity contribution in [3.63, 3.8) is 0 Å². The number of aryl methyl sites for hydroxylation is 1. The van der Waals surface area contributed by atoms with Gasteiger partial charge in [-0.15, -0.1) is 0 Å². The molecule has 0 saturated heterocycles. The number of benzene rings is 2. The SMILES string of the molecule is COCCOc1ncccc1NC(=O)c1cccc(S(=O)(=O)N(C)c2ccc(C)cc2)c1. The van der Waals surface area contributed by atoms with Crippen molar-refractivity contribution in [3.05, 3.63) is 78.0 Å². The number of hydrogen-bond acceptors (Lipinski definition) is 6. The van der Waals surface area contributed by atoms with Gasteiger partial charge in [-0.2, -0.15) is 0 Å². The molecule has 0 spiro atoms. The van der Waals surface area contributed by atoms with Crippen LogP contribution in [0.2, 0.25) is 0 Å². The van der Waals surface area contributed by atoms with Gasteiger partial charge < -0.3 is 14.8 Å². The van der Waals surface area contributed by atoms with Gasteiger partial charge in [-0.1, -0.05) is 23.8 Å². The minimum atomic E-state index is -3.85. The molecule has 0 radical (unpaired) electrons. The van der Waals surface area contributed by atoms with Crippen LogP contribution in [0.15, 0.2) is 71.8 Å². The molecule has 8 nitrogen and oxygen atoms in total. The number of rotatable bonds is 9. The van der Waals surface area contributed by atoms with Crippen molar-refractivity contribution in [2.24, 2.45) is 0 Å². The van der Waals surface area contributed by atoms with Gasteiger partial charge >= 0.3 is 0 Å². The van der Waals surface area contributed by atoms with Crippen LogP contribution in [-0.4, -0.2) is 46.7 Å². The summed E-state index contributed by atoms with van der Waals surface area (Å²) in [6.07, 6.45) is 1.55. The van der Waals surface area contributed by atoms with E-state index in [1.807, 2.05) is 19.1 Å². The summed E-state index contributed by atoms with van der Waals surface area (Å²) in [4.78, 5) is 17.0. The zero-order valence-corrected chi connectivity index (χ0v) is 18.9. The Morgan fingerprint density at radius 2 is 1.81 bits per heavy atom. The fourth-order valence-corrected chi connectivity index (χ4v) is 4.11. The average molecular weight is 456 g/mol. The number of ether oxygens (including phenoxy) is 2. The first kappa shape index (κ1) is 23.2. The molecule has 0 atom stereocenters. The number of methoxy groups -OCH3 is 1. The zero-order valence-electron chi connectivity index (χ0n) is 18.1. The first-order valence-corrected chi connectivity index (χ1v) is 11.3. The van der Waals surface area contributed by atoms with Crippen LogP contribution < -0.4 is 14.4 Å². The van der Waals surface area contributed by atoms with E-state index in [0.717, 1.165) is 5.56 Å². The number of hydrogen-bond donors (Lipinski definition) is 1. The second kappa shape index (κ2) is 10.3. The highest BCUT2D eigenvalue weighted by Crippen LogP contribution is 2.25. The molecule has 0 fully saturated rings. The molecule has 1 heterocycles. The Balaban J connectivity index is 1.81. The number of anilines is 2. The summed E-state index contributed by atoms with van der Waals surface area (Å²) >= 11 is 0. The Bertz CT molecular complexity index is 1180. The lowest BCUT2D eigenvalue weighted by Gasteiger charge is -2.20. The third-order valence-electron chi connectivity index (χ3n) is 4.70. The monoisotopic (exact) mass is 455 g/mol. The molecule has 3 rings (SSSR count). The molecule has 9 heteroatoms. The Morgan fingerprint density at radius 3 is 2.53 bits per heavy atom. The van der Waals surface area contributed by atoms with Crippen molar-refractivity contribution >= 4 is 27.3 Å². The molecule has 0 aliphatic rings. The van der Waals surface area contributed by atoms with Crippen LogP contribution in [0.25, 0.3) is 0 Å². The van der Waals surface area contributed by atoms with Gasteiger partial charge in [-0.05, 0) is 49.4 Å². The number of amides is 1. The quantitative estimate of drug-likeness (QED) is 0.496. The molecule has 0 bridgehead atoms. The molecule has 2 aromatic carbocycles. The van der Waals surface area contributed by atoms with Gasteiger partial charge in [0.1, 0.15) is 12.3 Å². The van der Waals surface area contributed by atoms with Crippen molar-refractivity contribution in [2.75, 3.05) is 37.0 Å². The summed E-state index contributed by atoms with van der Waals surface area (Å²) in [6.45, 7) is 2.57. The number of aromatic nitrogens is 1. The maximum Gasteiger partial charge on any atom is 0.264 e. The Labute approximate surface area is 187 Å². The van der Waals surface area contributed by atoms with Crippen molar-refractivity contribution in [3.8, 4) is 5.88 Å². The zero-order chi connectivity index (χ0) is 23.1. The van der Waals surface area contributed by atoms with E-state index in [4.69, 9.17) is 9.47 Å². The lowest BCUT2D eigenvalue weighted by atomic mass is 10.2. The van der Waals surface area contributed by atoms with Gasteiger partial charge in [0, 0.05) is 25.9 Å². The van der Waals surface area contributed by atoms with Crippen LogP contribution in [0, 0.1) is 6.92 Å². The molecule has 0 aliphatic heterocycles. The maximum atomic E-state index is 13.1. The van der Waals surface area contributed by atoms with Gasteiger partial charge in [-0.25, -0.2) is 13.4 Å². The van der Waals surface area contributed by atoms with E-state index < -0.39 is 15.9 Å². The molecule has 0 unspecified atom stereocenters. The Kier molecular flexibility index (Phi) is 7.45. The first-order chi connectivity index (χ1) is 15.3. The van der Waals surface area contributed by atoms with E-state index in [1.165, 1.54) is 29.6 Å². The van der Waals surface area contributed by atoms with Crippen molar-refractivity contribution in [1.29, 1.82) is 0 Å². The second-order valence-corrected chi connectivity index (χ2v) is 8.96. The van der Waals surface area contributed by atoms with Crippen molar-refractivity contribution in [2.45, 2.75) is 11.8 Å². The van der Waals surface area contributed by atoms with Gasteiger partial charge in [-0.3, -0.25) is 9.10 Å². The third-order valence-corrected chi connectivity index (χ3v) is 6.48. The highest BCUT2D eigenvalue weighted by molar-refractivity contribution is 7.92. The Morgan fingerprint density at radius 1 is 1.06 bits per heavy atom. The summed E-state index contributed by atoms with van der Waals surface area (Å²) in [7, 11) is -0.819. The number of pyridine rings is 1. The molecule has 32 heavy (non-hydrogen) atoms. The molecule has 3 aromatic rings. The molecule has 0 aliphatic carbocycles. The second-order valence-electron chi connectivity index (χ2n) is 6.99. The lowest BCUT2D eigenvalue weighted by Crippen LogP contribution is -2.26. The van der Waals surface area contributed by atoms with E-state index >= 15 is 0 Å². The molecule has 1 N–H and O–H groups in total. The molecule has 0 saturated carbocycles. The third kappa shape index (κ3) is 5.43. The van der Waals surface area contributed by atoms with Crippen LogP contribution >= 0.6 is 0 Å².